The van der Waals surface area contributed by atoms with Crippen LogP contribution >= 0.6 is 0 Å². The molecule has 2 aromatic heterocycles. The van der Waals surface area contributed by atoms with Crippen LogP contribution in [-0.4, -0.2) is 47.4 Å². The summed E-state index contributed by atoms with van der Waals surface area (Å²) in [5, 5.41) is 3.20. The molecule has 0 radical (unpaired) electrons. The number of benzene rings is 2. The van der Waals surface area contributed by atoms with E-state index in [0.717, 1.165) is 50.3 Å². The summed E-state index contributed by atoms with van der Waals surface area (Å²) in [6.07, 6.45) is -1.18. The van der Waals surface area contributed by atoms with Crippen molar-refractivity contribution in [2.45, 2.75) is 19.0 Å². The highest BCUT2D eigenvalue weighted by atomic mass is 19.4. The third-order valence-corrected chi connectivity index (χ3v) is 6.58. The Kier molecular flexibility index (Phi) is 6.29. The first-order valence-corrected chi connectivity index (χ1v) is 11.7. The van der Waals surface area contributed by atoms with Gasteiger partial charge in [0.05, 0.1) is 16.8 Å². The number of aromatic nitrogens is 3. The molecule has 5 rings (SSSR count). The number of hydrogen-bond acceptors (Lipinski definition) is 4. The van der Waals surface area contributed by atoms with Gasteiger partial charge in [-0.25, -0.2) is 9.37 Å². The summed E-state index contributed by atoms with van der Waals surface area (Å²) in [6.45, 7) is 2.57. The van der Waals surface area contributed by atoms with Crippen LogP contribution in [0.2, 0.25) is 0 Å². The lowest BCUT2D eigenvalue weighted by Crippen LogP contribution is -2.39. The van der Waals surface area contributed by atoms with Crippen LogP contribution in [-0.2, 0) is 6.18 Å². The molecule has 1 aliphatic heterocycles. The average molecular weight is 500 g/mol. The van der Waals surface area contributed by atoms with Gasteiger partial charge in [0.1, 0.15) is 5.52 Å². The molecule has 3 N–H and O–H groups in total. The molecule has 10 heteroatoms. The molecule has 0 aliphatic carbocycles. The fourth-order valence-electron chi connectivity index (χ4n) is 4.87. The van der Waals surface area contributed by atoms with E-state index in [2.05, 4.69) is 25.2 Å². The number of hydrogen-bond donors (Lipinski definition) is 3. The van der Waals surface area contributed by atoms with Crippen LogP contribution in [0.1, 0.15) is 34.3 Å². The van der Waals surface area contributed by atoms with Gasteiger partial charge in [0.15, 0.2) is 17.4 Å². The van der Waals surface area contributed by atoms with Crippen molar-refractivity contribution in [1.29, 1.82) is 0 Å². The number of carbonyl (C=O) groups is 1. The van der Waals surface area contributed by atoms with Crippen molar-refractivity contribution in [3.05, 3.63) is 71.2 Å². The first-order valence-electron chi connectivity index (χ1n) is 11.7. The molecule has 0 amide bonds. The monoisotopic (exact) mass is 499 g/mol. The highest BCUT2D eigenvalue weighted by Crippen LogP contribution is 2.34. The molecule has 0 bridgehead atoms. The minimum Gasteiger partial charge on any atom is -0.371 e. The van der Waals surface area contributed by atoms with Gasteiger partial charge in [0.25, 0.3) is 0 Å². The van der Waals surface area contributed by atoms with Gasteiger partial charge in [-0.05, 0) is 56.6 Å². The van der Waals surface area contributed by atoms with Gasteiger partial charge < -0.3 is 20.2 Å². The number of imidazole rings is 1. The fourth-order valence-corrected chi connectivity index (χ4v) is 4.87. The lowest BCUT2D eigenvalue weighted by Gasteiger charge is -2.34. The quantitative estimate of drug-likeness (QED) is 0.246. The molecule has 3 heterocycles. The van der Waals surface area contributed by atoms with Gasteiger partial charge >= 0.3 is 6.18 Å². The van der Waals surface area contributed by atoms with Crippen LogP contribution in [0.5, 0.6) is 0 Å². The number of aromatic amines is 2. The first-order chi connectivity index (χ1) is 17.2. The molecule has 0 spiro atoms. The molecule has 2 aromatic carbocycles. The van der Waals surface area contributed by atoms with E-state index in [1.165, 1.54) is 30.5 Å². The van der Waals surface area contributed by atoms with Crippen LogP contribution in [0.25, 0.3) is 22.6 Å². The van der Waals surface area contributed by atoms with E-state index in [9.17, 15) is 22.4 Å². The van der Waals surface area contributed by atoms with Crippen LogP contribution < -0.4 is 10.2 Å². The van der Waals surface area contributed by atoms with Crippen LogP contribution in [0.15, 0.2) is 48.7 Å². The van der Waals surface area contributed by atoms with Crippen LogP contribution in [0.4, 0.5) is 23.2 Å². The number of ketones is 1. The SMILES string of the molecule is CNC[C@H]1CCCN(c2cc(F)c3nc(-c4cc(C(=O)c5ccccc5C(F)(F)F)c[nH]4)[nH]c3c2)C1. The maximum Gasteiger partial charge on any atom is 0.417 e. The summed E-state index contributed by atoms with van der Waals surface area (Å²) in [4.78, 5) is 25.3. The molecule has 6 nitrogen and oxygen atoms in total. The highest BCUT2D eigenvalue weighted by Gasteiger charge is 2.35. The normalized spacial score (nSPS) is 16.6. The van der Waals surface area contributed by atoms with E-state index in [-0.39, 0.29) is 16.9 Å². The predicted molar refractivity (Wildman–Crippen MR) is 130 cm³/mol. The van der Waals surface area contributed by atoms with Crippen molar-refractivity contribution in [3.63, 3.8) is 0 Å². The number of piperidine rings is 1. The van der Waals surface area contributed by atoms with Crippen molar-refractivity contribution < 1.29 is 22.4 Å². The van der Waals surface area contributed by atoms with E-state index in [1.54, 1.807) is 0 Å². The van der Waals surface area contributed by atoms with Crippen LogP contribution in [0.3, 0.4) is 0 Å². The summed E-state index contributed by atoms with van der Waals surface area (Å²) in [5.41, 5.74) is 0.407. The molecule has 1 atom stereocenters. The van der Waals surface area contributed by atoms with Crippen molar-refractivity contribution in [1.82, 2.24) is 20.3 Å². The highest BCUT2D eigenvalue weighted by molar-refractivity contribution is 6.10. The molecule has 0 unspecified atom stereocenters. The zero-order valence-corrected chi connectivity index (χ0v) is 19.5. The third kappa shape index (κ3) is 4.60. The molecule has 0 saturated carbocycles. The second-order valence-electron chi connectivity index (χ2n) is 9.10. The molecule has 4 aromatic rings. The minimum atomic E-state index is -4.65. The molecule has 36 heavy (non-hydrogen) atoms. The van der Waals surface area contributed by atoms with Crippen LogP contribution in [0, 0.1) is 11.7 Å². The molecule has 1 saturated heterocycles. The zero-order valence-electron chi connectivity index (χ0n) is 19.5. The Morgan fingerprint density at radius 2 is 2.03 bits per heavy atom. The first kappa shape index (κ1) is 24.1. The average Bonchev–Trinajstić information content (AvgIpc) is 3.51. The number of nitrogens with one attached hydrogen (secondary N) is 3. The second-order valence-corrected chi connectivity index (χ2v) is 9.10. The number of rotatable bonds is 6. The summed E-state index contributed by atoms with van der Waals surface area (Å²) in [6, 6.07) is 9.40. The lowest BCUT2D eigenvalue weighted by molar-refractivity contribution is -0.137. The number of halogens is 4. The molecular formula is C26H25F4N5O. The molecular weight excluding hydrogens is 474 g/mol. The van der Waals surface area contributed by atoms with Gasteiger partial charge in [-0.15, -0.1) is 0 Å². The standard InChI is InChI=1S/C26H25F4N5O/c1-31-12-15-5-4-8-35(14-15)17-10-20(27)23-21(11-17)33-25(34-23)22-9-16(13-32-22)24(36)18-6-2-3-7-19(18)26(28,29)30/h2-3,6-7,9-11,13,15,31-32H,4-5,8,12,14H2,1H3,(H,33,34)/t15-/m1/s1. The Hall–Kier alpha value is -3.66. The fraction of sp³-hybridized carbons (Fsp3) is 0.308. The van der Waals surface area contributed by atoms with Crippen molar-refractivity contribution in [3.8, 4) is 11.5 Å². The number of fused-ring (bicyclic) bond motifs is 1. The maximum absolute atomic E-state index is 15.0. The summed E-state index contributed by atoms with van der Waals surface area (Å²) in [5.74, 6) is -0.466. The number of H-pyrrole nitrogens is 2. The second kappa shape index (κ2) is 9.42. The Bertz CT molecular complexity index is 1410. The largest absolute Gasteiger partial charge is 0.417 e. The Morgan fingerprint density at radius 3 is 2.81 bits per heavy atom. The summed E-state index contributed by atoms with van der Waals surface area (Å²) in [7, 11) is 1.92. The van der Waals surface area contributed by atoms with Crippen molar-refractivity contribution >= 4 is 22.5 Å². The smallest absolute Gasteiger partial charge is 0.371 e. The van der Waals surface area contributed by atoms with E-state index in [4.69, 9.17) is 0 Å². The van der Waals surface area contributed by atoms with Crippen molar-refractivity contribution in [2.24, 2.45) is 5.92 Å². The molecule has 1 aliphatic rings. The summed E-state index contributed by atoms with van der Waals surface area (Å²) >= 11 is 0. The molecule has 1 fully saturated rings. The maximum atomic E-state index is 15.0. The third-order valence-electron chi connectivity index (χ3n) is 6.58. The zero-order chi connectivity index (χ0) is 25.4. The van der Waals surface area contributed by atoms with Gasteiger partial charge in [-0.2, -0.15) is 13.2 Å². The number of anilines is 1. The minimum absolute atomic E-state index is 0.0483. The van der Waals surface area contributed by atoms with E-state index < -0.39 is 28.9 Å². The predicted octanol–water partition coefficient (Wildman–Crippen LogP) is 5.38. The molecule has 188 valence electrons. The lowest BCUT2D eigenvalue weighted by atomic mass is 9.97. The van der Waals surface area contributed by atoms with Gasteiger partial charge in [-0.3, -0.25) is 4.79 Å². The van der Waals surface area contributed by atoms with Gasteiger partial charge in [0, 0.05) is 36.1 Å². The Labute approximate surface area is 204 Å². The van der Waals surface area contributed by atoms with Gasteiger partial charge in [0.2, 0.25) is 0 Å². The van der Waals surface area contributed by atoms with E-state index in [1.807, 2.05) is 13.1 Å². The van der Waals surface area contributed by atoms with Gasteiger partial charge in [-0.1, -0.05) is 18.2 Å². The topological polar surface area (TPSA) is 76.8 Å². The van der Waals surface area contributed by atoms with E-state index in [0.29, 0.717) is 17.1 Å². The number of nitrogens with zero attached hydrogens (tertiary/aromatic N) is 2. The van der Waals surface area contributed by atoms with Crippen molar-refractivity contribution in [2.75, 3.05) is 31.6 Å². The number of carbonyl (C=O) groups excluding carboxylic acids is 1. The summed E-state index contributed by atoms with van der Waals surface area (Å²) < 4.78 is 55.1. The number of alkyl halides is 3. The van der Waals surface area contributed by atoms with E-state index >= 15 is 0 Å². The Balaban J connectivity index is 1.43. The Morgan fingerprint density at radius 1 is 1.22 bits per heavy atom.